The highest BCUT2D eigenvalue weighted by Gasteiger charge is 2.10. The second-order valence-corrected chi connectivity index (χ2v) is 7.87. The molecule has 0 bridgehead atoms. The molecule has 6 heteroatoms. The predicted molar refractivity (Wildman–Crippen MR) is 121 cm³/mol. The van der Waals surface area contributed by atoms with Crippen LogP contribution in [0.3, 0.4) is 0 Å². The van der Waals surface area contributed by atoms with E-state index in [9.17, 15) is 0 Å². The van der Waals surface area contributed by atoms with E-state index in [2.05, 4.69) is 56.8 Å². The number of rotatable bonds is 9. The van der Waals surface area contributed by atoms with Gasteiger partial charge in [-0.05, 0) is 76.0 Å². The van der Waals surface area contributed by atoms with E-state index < -0.39 is 0 Å². The summed E-state index contributed by atoms with van der Waals surface area (Å²) in [6, 6.07) is 10.5. The molecule has 1 aromatic carbocycles. The Kier molecular flexibility index (Phi) is 8.56. The van der Waals surface area contributed by atoms with Crippen LogP contribution in [-0.2, 0) is 0 Å². The molecule has 0 radical (unpaired) electrons. The molecule has 2 heterocycles. The van der Waals surface area contributed by atoms with Gasteiger partial charge in [-0.25, -0.2) is 4.68 Å². The van der Waals surface area contributed by atoms with Gasteiger partial charge in [0.1, 0.15) is 0 Å². The van der Waals surface area contributed by atoms with Crippen molar-refractivity contribution in [3.05, 3.63) is 48.3 Å². The van der Waals surface area contributed by atoms with Gasteiger partial charge in [0.2, 0.25) is 0 Å². The van der Waals surface area contributed by atoms with Gasteiger partial charge in [0, 0.05) is 26.0 Å². The van der Waals surface area contributed by atoms with Crippen molar-refractivity contribution in [3.8, 4) is 5.69 Å². The first-order valence-electron chi connectivity index (χ1n) is 11.1. The standard InChI is InChI=1S/C23H36N6/c1-20(21-11-9-12-22(19-21)29-18-10-14-26-29)27-23(24-2)25-13-5-3-6-15-28-16-7-4-8-17-28/h9-12,14,18-20H,3-8,13,15-17H2,1-2H3,(H2,24,25,27). The molecule has 0 saturated carbocycles. The zero-order valence-corrected chi connectivity index (χ0v) is 18.0. The first-order chi connectivity index (χ1) is 14.3. The minimum Gasteiger partial charge on any atom is -0.356 e. The van der Waals surface area contributed by atoms with Crippen molar-refractivity contribution >= 4 is 5.96 Å². The quantitative estimate of drug-likeness (QED) is 0.385. The molecule has 2 aromatic rings. The Morgan fingerprint density at radius 2 is 2.00 bits per heavy atom. The number of aromatic nitrogens is 2. The predicted octanol–water partition coefficient (Wildman–Crippen LogP) is 3.75. The summed E-state index contributed by atoms with van der Waals surface area (Å²) < 4.78 is 1.88. The Morgan fingerprint density at radius 1 is 1.14 bits per heavy atom. The monoisotopic (exact) mass is 396 g/mol. The second kappa shape index (κ2) is 11.6. The molecule has 1 atom stereocenters. The van der Waals surface area contributed by atoms with Crippen LogP contribution in [-0.4, -0.2) is 53.9 Å². The topological polar surface area (TPSA) is 57.5 Å². The fourth-order valence-electron chi connectivity index (χ4n) is 3.87. The van der Waals surface area contributed by atoms with E-state index in [0.29, 0.717) is 0 Å². The lowest BCUT2D eigenvalue weighted by Crippen LogP contribution is -2.39. The van der Waals surface area contributed by atoms with Gasteiger partial charge in [-0.3, -0.25) is 4.99 Å². The van der Waals surface area contributed by atoms with E-state index in [1.54, 1.807) is 6.20 Å². The van der Waals surface area contributed by atoms with Gasteiger partial charge in [0.15, 0.2) is 5.96 Å². The van der Waals surface area contributed by atoms with E-state index >= 15 is 0 Å². The smallest absolute Gasteiger partial charge is 0.191 e. The van der Waals surface area contributed by atoms with Crippen LogP contribution in [0.1, 0.15) is 57.1 Å². The summed E-state index contributed by atoms with van der Waals surface area (Å²) in [5, 5.41) is 11.3. The third-order valence-electron chi connectivity index (χ3n) is 5.61. The van der Waals surface area contributed by atoms with Crippen LogP contribution in [0.2, 0.25) is 0 Å². The molecule has 1 saturated heterocycles. The molecule has 158 valence electrons. The lowest BCUT2D eigenvalue weighted by molar-refractivity contribution is 0.224. The molecule has 0 aliphatic carbocycles. The molecule has 6 nitrogen and oxygen atoms in total. The van der Waals surface area contributed by atoms with E-state index in [0.717, 1.165) is 18.2 Å². The largest absolute Gasteiger partial charge is 0.356 e. The van der Waals surface area contributed by atoms with Gasteiger partial charge < -0.3 is 15.5 Å². The summed E-state index contributed by atoms with van der Waals surface area (Å²) in [5.41, 5.74) is 2.28. The Hall–Kier alpha value is -2.34. The van der Waals surface area contributed by atoms with Gasteiger partial charge in [-0.2, -0.15) is 5.10 Å². The number of unbranched alkanes of at least 4 members (excludes halogenated alkanes) is 2. The van der Waals surface area contributed by atoms with Gasteiger partial charge in [-0.1, -0.05) is 25.0 Å². The highest BCUT2D eigenvalue weighted by Crippen LogP contribution is 2.16. The Morgan fingerprint density at radius 3 is 2.76 bits per heavy atom. The molecule has 0 spiro atoms. The summed E-state index contributed by atoms with van der Waals surface area (Å²) in [4.78, 5) is 7.01. The zero-order valence-electron chi connectivity index (χ0n) is 18.0. The maximum atomic E-state index is 4.39. The van der Waals surface area contributed by atoms with Crippen LogP contribution in [0.25, 0.3) is 5.69 Å². The van der Waals surface area contributed by atoms with E-state index in [-0.39, 0.29) is 6.04 Å². The van der Waals surface area contributed by atoms with E-state index in [1.807, 2.05) is 24.0 Å². The SMILES string of the molecule is CN=C(NCCCCCN1CCCCC1)NC(C)c1cccc(-n2cccn2)c1. The lowest BCUT2D eigenvalue weighted by Gasteiger charge is -2.26. The van der Waals surface area contributed by atoms with Crippen LogP contribution in [0, 0.1) is 0 Å². The lowest BCUT2D eigenvalue weighted by atomic mass is 10.1. The third kappa shape index (κ3) is 6.89. The van der Waals surface area contributed by atoms with Crippen LogP contribution < -0.4 is 10.6 Å². The number of benzene rings is 1. The third-order valence-corrected chi connectivity index (χ3v) is 5.61. The number of nitrogens with zero attached hydrogens (tertiary/aromatic N) is 4. The average Bonchev–Trinajstić information content (AvgIpc) is 3.31. The molecule has 1 fully saturated rings. The van der Waals surface area contributed by atoms with Crippen molar-refractivity contribution in [1.82, 2.24) is 25.3 Å². The van der Waals surface area contributed by atoms with Gasteiger partial charge >= 0.3 is 0 Å². The molecule has 1 unspecified atom stereocenters. The maximum absolute atomic E-state index is 4.39. The Balaban J connectivity index is 1.37. The number of aliphatic imine (C=N–C) groups is 1. The van der Waals surface area contributed by atoms with Crippen LogP contribution >= 0.6 is 0 Å². The highest BCUT2D eigenvalue weighted by atomic mass is 15.3. The van der Waals surface area contributed by atoms with Crippen LogP contribution in [0.4, 0.5) is 0 Å². The fraction of sp³-hybridized carbons (Fsp3) is 0.565. The molecule has 2 N–H and O–H groups in total. The van der Waals surface area contributed by atoms with Crippen LogP contribution in [0.15, 0.2) is 47.7 Å². The van der Waals surface area contributed by atoms with Gasteiger partial charge in [0.05, 0.1) is 11.7 Å². The summed E-state index contributed by atoms with van der Waals surface area (Å²) >= 11 is 0. The van der Waals surface area contributed by atoms with Crippen LogP contribution in [0.5, 0.6) is 0 Å². The molecule has 1 aliphatic rings. The summed E-state index contributed by atoms with van der Waals surface area (Å²) in [5.74, 6) is 0.859. The molecule has 29 heavy (non-hydrogen) atoms. The summed E-state index contributed by atoms with van der Waals surface area (Å²) in [6.45, 7) is 6.98. The Bertz CT molecular complexity index is 734. The second-order valence-electron chi connectivity index (χ2n) is 7.87. The van der Waals surface area contributed by atoms with Crippen molar-refractivity contribution in [2.45, 2.75) is 51.5 Å². The minimum absolute atomic E-state index is 0.163. The number of piperidine rings is 1. The highest BCUT2D eigenvalue weighted by molar-refractivity contribution is 5.80. The summed E-state index contributed by atoms with van der Waals surface area (Å²) in [6.07, 6.45) is 11.7. The molecular formula is C23H36N6. The fourth-order valence-corrected chi connectivity index (χ4v) is 3.87. The minimum atomic E-state index is 0.163. The number of hydrogen-bond acceptors (Lipinski definition) is 3. The number of guanidine groups is 1. The maximum Gasteiger partial charge on any atom is 0.191 e. The van der Waals surface area contributed by atoms with Crippen molar-refractivity contribution in [2.75, 3.05) is 33.2 Å². The van der Waals surface area contributed by atoms with Crippen molar-refractivity contribution in [2.24, 2.45) is 4.99 Å². The Labute approximate surface area is 175 Å². The molecule has 3 rings (SSSR count). The average molecular weight is 397 g/mol. The van der Waals surface area contributed by atoms with Gasteiger partial charge in [0.25, 0.3) is 0 Å². The van der Waals surface area contributed by atoms with E-state index in [1.165, 1.54) is 63.7 Å². The first-order valence-corrected chi connectivity index (χ1v) is 11.1. The summed E-state index contributed by atoms with van der Waals surface area (Å²) in [7, 11) is 1.83. The van der Waals surface area contributed by atoms with Crippen molar-refractivity contribution in [3.63, 3.8) is 0 Å². The van der Waals surface area contributed by atoms with Crippen molar-refractivity contribution < 1.29 is 0 Å². The van der Waals surface area contributed by atoms with Crippen molar-refractivity contribution in [1.29, 1.82) is 0 Å². The number of likely N-dealkylation sites (tertiary alicyclic amines) is 1. The molecule has 0 amide bonds. The molecule has 1 aromatic heterocycles. The zero-order chi connectivity index (χ0) is 20.3. The molecular weight excluding hydrogens is 360 g/mol. The number of nitrogens with one attached hydrogen (secondary N) is 2. The first kappa shape index (κ1) is 21.4. The van der Waals surface area contributed by atoms with Gasteiger partial charge in [-0.15, -0.1) is 0 Å². The van der Waals surface area contributed by atoms with E-state index in [4.69, 9.17) is 0 Å². The normalized spacial score (nSPS) is 16.6. The molecule has 1 aliphatic heterocycles. The number of hydrogen-bond donors (Lipinski definition) is 2.